The van der Waals surface area contributed by atoms with Gasteiger partial charge in [0, 0.05) is 30.8 Å². The average molecular weight is 374 g/mol. The van der Waals surface area contributed by atoms with Crippen LogP contribution in [0, 0.1) is 17.8 Å². The first kappa shape index (κ1) is 17.6. The third kappa shape index (κ3) is 3.43. The van der Waals surface area contributed by atoms with E-state index in [-0.39, 0.29) is 24.5 Å². The molecular formula is C19H22N2O6. The maximum Gasteiger partial charge on any atom is 0.307 e. The van der Waals surface area contributed by atoms with E-state index in [1.165, 1.54) is 0 Å². The van der Waals surface area contributed by atoms with Gasteiger partial charge in [-0.2, -0.15) is 0 Å². The second-order valence-electron chi connectivity index (χ2n) is 7.29. The van der Waals surface area contributed by atoms with Gasteiger partial charge in [-0.15, -0.1) is 0 Å². The summed E-state index contributed by atoms with van der Waals surface area (Å²) in [6.07, 6.45) is 2.36. The molecule has 27 heavy (non-hydrogen) atoms. The second kappa shape index (κ2) is 7.09. The van der Waals surface area contributed by atoms with Crippen LogP contribution in [0.15, 0.2) is 18.2 Å². The third-order valence-electron chi connectivity index (χ3n) is 5.73. The number of piperidine rings is 1. The molecule has 0 spiro atoms. The van der Waals surface area contributed by atoms with Crippen LogP contribution in [0.2, 0.25) is 0 Å². The number of carbonyl (C=O) groups excluding carboxylic acids is 2. The van der Waals surface area contributed by atoms with Crippen LogP contribution in [0.4, 0.5) is 5.69 Å². The minimum absolute atomic E-state index is 0.0759. The van der Waals surface area contributed by atoms with Crippen LogP contribution in [-0.2, 0) is 14.4 Å². The number of nitrogens with one attached hydrogen (secondary N) is 1. The smallest absolute Gasteiger partial charge is 0.307 e. The fourth-order valence-electron chi connectivity index (χ4n) is 3.91. The Labute approximate surface area is 156 Å². The molecule has 4 rings (SSSR count). The van der Waals surface area contributed by atoms with Crippen molar-refractivity contribution in [1.82, 2.24) is 4.90 Å². The van der Waals surface area contributed by atoms with Crippen LogP contribution in [0.25, 0.3) is 0 Å². The van der Waals surface area contributed by atoms with Crippen molar-refractivity contribution in [3.05, 3.63) is 18.2 Å². The summed E-state index contributed by atoms with van der Waals surface area (Å²) >= 11 is 0. The molecule has 1 aliphatic carbocycles. The van der Waals surface area contributed by atoms with Crippen molar-refractivity contribution in [2.75, 3.05) is 25.2 Å². The maximum absolute atomic E-state index is 12.5. The van der Waals surface area contributed by atoms with E-state index in [2.05, 4.69) is 5.32 Å². The normalized spacial score (nSPS) is 24.2. The van der Waals surface area contributed by atoms with Crippen molar-refractivity contribution in [3.8, 4) is 11.5 Å². The lowest BCUT2D eigenvalue weighted by Gasteiger charge is -2.39. The molecule has 2 amide bonds. The monoisotopic (exact) mass is 374 g/mol. The molecule has 1 aromatic carbocycles. The molecular weight excluding hydrogens is 352 g/mol. The number of fused-ring (bicyclic) bond motifs is 1. The van der Waals surface area contributed by atoms with Gasteiger partial charge in [-0.3, -0.25) is 14.4 Å². The van der Waals surface area contributed by atoms with Crippen LogP contribution in [0.5, 0.6) is 11.5 Å². The molecule has 1 saturated heterocycles. The Bertz CT molecular complexity index is 771. The molecule has 1 aromatic rings. The van der Waals surface area contributed by atoms with Gasteiger partial charge in [0.2, 0.25) is 18.6 Å². The summed E-state index contributed by atoms with van der Waals surface area (Å²) in [6, 6.07) is 5.27. The molecule has 2 aliphatic heterocycles. The van der Waals surface area contributed by atoms with E-state index in [4.69, 9.17) is 14.6 Å². The predicted molar refractivity (Wildman–Crippen MR) is 94.3 cm³/mol. The van der Waals surface area contributed by atoms with Gasteiger partial charge >= 0.3 is 5.97 Å². The summed E-state index contributed by atoms with van der Waals surface area (Å²) < 4.78 is 10.6. The van der Waals surface area contributed by atoms with Gasteiger partial charge in [0.25, 0.3) is 0 Å². The highest BCUT2D eigenvalue weighted by atomic mass is 16.7. The van der Waals surface area contributed by atoms with Crippen molar-refractivity contribution < 1.29 is 29.0 Å². The summed E-state index contributed by atoms with van der Waals surface area (Å²) in [5.41, 5.74) is 0.654. The lowest BCUT2D eigenvalue weighted by molar-refractivity contribution is -0.157. The quantitative estimate of drug-likeness (QED) is 0.831. The molecule has 0 aromatic heterocycles. The first-order valence-corrected chi connectivity index (χ1v) is 9.25. The van der Waals surface area contributed by atoms with Crippen LogP contribution in [-0.4, -0.2) is 47.7 Å². The van der Waals surface area contributed by atoms with E-state index < -0.39 is 17.8 Å². The second-order valence-corrected chi connectivity index (χ2v) is 7.29. The first-order valence-electron chi connectivity index (χ1n) is 9.25. The minimum atomic E-state index is -0.891. The summed E-state index contributed by atoms with van der Waals surface area (Å²) in [5, 5.41) is 12.0. The number of carbonyl (C=O) groups is 3. The van der Waals surface area contributed by atoms with Gasteiger partial charge in [0.05, 0.1) is 11.8 Å². The third-order valence-corrected chi connectivity index (χ3v) is 5.73. The van der Waals surface area contributed by atoms with E-state index in [9.17, 15) is 14.4 Å². The molecule has 8 heteroatoms. The summed E-state index contributed by atoms with van der Waals surface area (Å²) in [6.45, 7) is 1.16. The number of ether oxygens (including phenoxy) is 2. The molecule has 2 N–H and O–H groups in total. The number of hydrogen-bond donors (Lipinski definition) is 2. The van der Waals surface area contributed by atoms with E-state index in [1.807, 2.05) is 0 Å². The highest BCUT2D eigenvalue weighted by Crippen LogP contribution is 2.37. The summed E-state index contributed by atoms with van der Waals surface area (Å²) in [5.74, 6) is -0.895. The summed E-state index contributed by atoms with van der Waals surface area (Å²) in [7, 11) is 0. The Morgan fingerprint density at radius 1 is 1.00 bits per heavy atom. The zero-order valence-electron chi connectivity index (χ0n) is 14.8. The number of amides is 2. The van der Waals surface area contributed by atoms with Crippen LogP contribution < -0.4 is 14.8 Å². The van der Waals surface area contributed by atoms with Crippen LogP contribution in [0.3, 0.4) is 0 Å². The number of nitrogens with zero attached hydrogens (tertiary/aromatic N) is 1. The van der Waals surface area contributed by atoms with Gasteiger partial charge in [0.1, 0.15) is 0 Å². The Kier molecular flexibility index (Phi) is 4.63. The zero-order valence-corrected chi connectivity index (χ0v) is 14.8. The lowest BCUT2D eigenvalue weighted by Crippen LogP contribution is -2.49. The number of aliphatic carboxylic acids is 1. The largest absolute Gasteiger partial charge is 0.481 e. The zero-order chi connectivity index (χ0) is 19.0. The molecule has 2 fully saturated rings. The number of anilines is 1. The molecule has 2 atom stereocenters. The van der Waals surface area contributed by atoms with Crippen molar-refractivity contribution in [3.63, 3.8) is 0 Å². The fraction of sp³-hybridized carbons (Fsp3) is 0.526. The number of likely N-dealkylation sites (tertiary alicyclic amines) is 1. The molecule has 144 valence electrons. The Balaban J connectivity index is 1.29. The molecule has 2 heterocycles. The molecule has 8 nitrogen and oxygen atoms in total. The van der Waals surface area contributed by atoms with E-state index in [1.54, 1.807) is 23.1 Å². The van der Waals surface area contributed by atoms with E-state index in [0.29, 0.717) is 56.0 Å². The number of benzene rings is 1. The van der Waals surface area contributed by atoms with Crippen molar-refractivity contribution in [2.24, 2.45) is 17.8 Å². The lowest BCUT2D eigenvalue weighted by atomic mass is 9.72. The highest BCUT2D eigenvalue weighted by molar-refractivity contribution is 5.93. The van der Waals surface area contributed by atoms with Gasteiger partial charge in [-0.25, -0.2) is 0 Å². The van der Waals surface area contributed by atoms with Crippen molar-refractivity contribution in [2.45, 2.75) is 25.7 Å². The number of hydrogen-bond acceptors (Lipinski definition) is 5. The van der Waals surface area contributed by atoms with Crippen LogP contribution >= 0.6 is 0 Å². The van der Waals surface area contributed by atoms with Crippen LogP contribution in [0.1, 0.15) is 25.7 Å². The first-order chi connectivity index (χ1) is 13.0. The molecule has 1 saturated carbocycles. The van der Waals surface area contributed by atoms with E-state index in [0.717, 1.165) is 0 Å². The minimum Gasteiger partial charge on any atom is -0.481 e. The van der Waals surface area contributed by atoms with Crippen molar-refractivity contribution in [1.29, 1.82) is 0 Å². The number of carboxylic acid groups (broad SMARTS) is 1. The fourth-order valence-corrected chi connectivity index (χ4v) is 3.91. The average Bonchev–Trinajstić information content (AvgIpc) is 3.08. The maximum atomic E-state index is 12.5. The van der Waals surface area contributed by atoms with Gasteiger partial charge < -0.3 is 24.8 Å². The molecule has 2 unspecified atom stereocenters. The predicted octanol–water partition coefficient (Wildman–Crippen LogP) is 1.70. The van der Waals surface area contributed by atoms with Crippen molar-refractivity contribution >= 4 is 23.5 Å². The highest BCUT2D eigenvalue weighted by Gasteiger charge is 2.43. The van der Waals surface area contributed by atoms with Gasteiger partial charge in [0.15, 0.2) is 11.5 Å². The van der Waals surface area contributed by atoms with Gasteiger partial charge in [-0.05, 0) is 37.8 Å². The molecule has 0 radical (unpaired) electrons. The SMILES string of the molecule is O=C(Nc1ccc2c(c1)OCO2)C1CCN(C(=O)C2CCC2C(=O)O)CC1. The standard InChI is InChI=1S/C19H22N2O6/c22-17(20-12-1-4-15-16(9-12)27-10-26-15)11-5-7-21(8-6-11)18(23)13-2-3-14(13)19(24)25/h1,4,9,11,13-14H,2-3,5-8,10H2,(H,20,22)(H,24,25). The Morgan fingerprint density at radius 2 is 1.70 bits per heavy atom. The topological polar surface area (TPSA) is 105 Å². The molecule has 0 bridgehead atoms. The Morgan fingerprint density at radius 3 is 2.37 bits per heavy atom. The number of rotatable bonds is 4. The summed E-state index contributed by atoms with van der Waals surface area (Å²) in [4.78, 5) is 37.9. The molecule has 3 aliphatic rings. The Hall–Kier alpha value is -2.77. The van der Waals surface area contributed by atoms with Gasteiger partial charge in [-0.1, -0.05) is 0 Å². The van der Waals surface area contributed by atoms with E-state index >= 15 is 0 Å². The number of carboxylic acids is 1.